The highest BCUT2D eigenvalue weighted by Crippen LogP contribution is 2.20. The van der Waals surface area contributed by atoms with Crippen LogP contribution in [0.25, 0.3) is 0 Å². The Balaban J connectivity index is 1.47. The van der Waals surface area contributed by atoms with Crippen LogP contribution in [-0.2, 0) is 73.6 Å². The Morgan fingerprint density at radius 1 is 0.404 bits per heavy atom. The summed E-state index contributed by atoms with van der Waals surface area (Å²) >= 11 is 0. The highest BCUT2D eigenvalue weighted by Gasteiger charge is 2.37. The quantitative estimate of drug-likeness (QED) is 0.0494. The number of hydrogen-bond donors (Lipinski definition) is 14. The molecule has 502 valence electrons. The van der Waals surface area contributed by atoms with E-state index in [1.807, 2.05) is 13.8 Å². The monoisotopic (exact) mass is 1290 g/mol. The van der Waals surface area contributed by atoms with Crippen LogP contribution >= 0.6 is 0 Å². The lowest BCUT2D eigenvalue weighted by Crippen LogP contribution is -2.61. The molecule has 0 spiro atoms. The number of carbonyl (C=O) groups is 11. The third kappa shape index (κ3) is 23.3. The molecule has 1 aliphatic rings. The maximum Gasteiger partial charge on any atom is 0.254 e. The number of fused-ring (bicyclic) bond motifs is 1. The van der Waals surface area contributed by atoms with Gasteiger partial charge in [0.25, 0.3) is 5.91 Å². The lowest BCUT2D eigenvalue weighted by atomic mass is 9.99. The number of phenols is 1. The minimum atomic E-state index is -1.76. The molecule has 0 bridgehead atoms. The van der Waals surface area contributed by atoms with E-state index in [2.05, 4.69) is 53.2 Å². The van der Waals surface area contributed by atoms with Crippen molar-refractivity contribution in [1.82, 2.24) is 47.9 Å². The molecule has 5 aromatic carbocycles. The summed E-state index contributed by atoms with van der Waals surface area (Å²) in [4.78, 5) is 160. The van der Waals surface area contributed by atoms with Crippen LogP contribution in [0, 0.1) is 11.8 Å². The molecule has 0 saturated heterocycles. The van der Waals surface area contributed by atoms with Crippen LogP contribution in [0.5, 0.6) is 5.75 Å². The number of anilines is 1. The largest absolute Gasteiger partial charge is 0.508 e. The number of aromatic hydroxyl groups is 1. The second-order valence-electron chi connectivity index (χ2n) is 24.2. The summed E-state index contributed by atoms with van der Waals surface area (Å²) < 4.78 is 0. The van der Waals surface area contributed by atoms with E-state index in [0.29, 0.717) is 28.7 Å². The molecule has 0 aliphatic carbocycles. The molecule has 1 aliphatic heterocycles. The first-order chi connectivity index (χ1) is 45.0. The van der Waals surface area contributed by atoms with Gasteiger partial charge in [-0.05, 0) is 110 Å². The average molecular weight is 1290 g/mol. The Morgan fingerprint density at radius 3 is 1.26 bits per heavy atom. The van der Waals surface area contributed by atoms with Gasteiger partial charge in [0, 0.05) is 25.7 Å². The van der Waals surface area contributed by atoms with Gasteiger partial charge in [-0.1, -0.05) is 143 Å². The Labute approximate surface area is 547 Å². The van der Waals surface area contributed by atoms with E-state index in [4.69, 9.17) is 17.2 Å². The van der Waals surface area contributed by atoms with Gasteiger partial charge in [-0.15, -0.1) is 0 Å². The summed E-state index contributed by atoms with van der Waals surface area (Å²) in [5.41, 5.74) is 19.6. The number of rotatable bonds is 20. The lowest BCUT2D eigenvalue weighted by Gasteiger charge is -2.29. The third-order valence-corrected chi connectivity index (χ3v) is 15.7. The number of amides is 11. The van der Waals surface area contributed by atoms with Gasteiger partial charge in [-0.25, -0.2) is 0 Å². The minimum Gasteiger partial charge on any atom is -0.508 e. The number of nitrogens with one attached hydrogen (secondary N) is 10. The van der Waals surface area contributed by atoms with E-state index in [-0.39, 0.29) is 93.8 Å². The zero-order chi connectivity index (χ0) is 68.3. The molecule has 0 unspecified atom stereocenters. The number of benzene rings is 5. The van der Waals surface area contributed by atoms with Crippen LogP contribution in [0.2, 0.25) is 0 Å². The number of nitrogens with two attached hydrogens (primary N) is 3. The van der Waals surface area contributed by atoms with E-state index < -0.39 is 132 Å². The lowest BCUT2D eigenvalue weighted by molar-refractivity contribution is -0.136. The summed E-state index contributed by atoms with van der Waals surface area (Å²) in [6.07, 6.45) is -0.535. The summed E-state index contributed by atoms with van der Waals surface area (Å²) in [7, 11) is 0. The molecular weight excluding hydrogens is 1200 g/mol. The van der Waals surface area contributed by atoms with Crippen molar-refractivity contribution in [3.8, 4) is 5.75 Å². The number of phenolic OH excluding ortho intramolecular Hbond substituents is 1. The molecule has 25 nitrogen and oxygen atoms in total. The summed E-state index contributed by atoms with van der Waals surface area (Å²) in [6, 6.07) is 24.8. The van der Waals surface area contributed by atoms with E-state index in [1.54, 1.807) is 117 Å². The van der Waals surface area contributed by atoms with Crippen LogP contribution in [0.3, 0.4) is 0 Å². The van der Waals surface area contributed by atoms with Gasteiger partial charge < -0.3 is 75.5 Å². The molecule has 9 atom stereocenters. The van der Waals surface area contributed by atoms with Crippen LogP contribution < -0.4 is 70.4 Å². The predicted octanol–water partition coefficient (Wildman–Crippen LogP) is 1.74. The van der Waals surface area contributed by atoms with Crippen LogP contribution in [0.4, 0.5) is 5.69 Å². The van der Waals surface area contributed by atoms with Crippen molar-refractivity contribution in [3.05, 3.63) is 167 Å². The zero-order valence-corrected chi connectivity index (χ0v) is 53.5. The molecular formula is C69H89N13O12. The summed E-state index contributed by atoms with van der Waals surface area (Å²) in [5, 5.41) is 37.5. The normalized spacial score (nSPS) is 22.1. The van der Waals surface area contributed by atoms with Crippen molar-refractivity contribution in [2.24, 2.45) is 29.0 Å². The van der Waals surface area contributed by atoms with Crippen molar-refractivity contribution in [2.75, 3.05) is 18.4 Å². The van der Waals surface area contributed by atoms with Crippen LogP contribution in [-0.4, -0.2) is 138 Å². The van der Waals surface area contributed by atoms with E-state index >= 15 is 0 Å². The molecule has 1 heterocycles. The van der Waals surface area contributed by atoms with Gasteiger partial charge in [0.2, 0.25) is 59.1 Å². The summed E-state index contributed by atoms with van der Waals surface area (Å²) in [5.74, 6) is -10.6. The van der Waals surface area contributed by atoms with Gasteiger partial charge in [0.1, 0.15) is 60.1 Å². The maximum atomic E-state index is 14.9. The minimum absolute atomic E-state index is 0.0123. The zero-order valence-electron chi connectivity index (χ0n) is 53.5. The van der Waals surface area contributed by atoms with Gasteiger partial charge in [-0.2, -0.15) is 0 Å². The first-order valence-corrected chi connectivity index (χ1v) is 31.7. The van der Waals surface area contributed by atoms with Gasteiger partial charge in [0.05, 0.1) is 17.7 Å². The van der Waals surface area contributed by atoms with E-state index in [9.17, 15) is 57.8 Å². The fourth-order valence-electron chi connectivity index (χ4n) is 10.7. The molecule has 5 aromatic rings. The number of primary amides is 1. The highest BCUT2D eigenvalue weighted by atomic mass is 16.3. The topological polar surface area (TPSA) is 406 Å². The van der Waals surface area contributed by atoms with Crippen molar-refractivity contribution in [2.45, 2.75) is 153 Å². The smallest absolute Gasteiger partial charge is 0.254 e. The molecule has 25 heteroatoms. The number of carbonyl (C=O) groups excluding carboxylic acids is 11. The molecule has 11 amide bonds. The molecule has 0 fully saturated rings. The van der Waals surface area contributed by atoms with Crippen LogP contribution in [0.15, 0.2) is 140 Å². The first kappa shape index (κ1) is 73.0. The van der Waals surface area contributed by atoms with Crippen molar-refractivity contribution in [1.29, 1.82) is 0 Å². The fourth-order valence-corrected chi connectivity index (χ4v) is 10.7. The van der Waals surface area contributed by atoms with Gasteiger partial charge in [0.15, 0.2) is 0 Å². The van der Waals surface area contributed by atoms with Crippen molar-refractivity contribution >= 4 is 70.7 Å². The molecule has 0 radical (unpaired) electrons. The highest BCUT2D eigenvalue weighted by molar-refractivity contribution is 6.07. The van der Waals surface area contributed by atoms with Gasteiger partial charge >= 0.3 is 0 Å². The Bertz CT molecular complexity index is 3380. The third-order valence-electron chi connectivity index (χ3n) is 15.7. The molecule has 6 rings (SSSR count). The maximum absolute atomic E-state index is 14.9. The van der Waals surface area contributed by atoms with E-state index in [1.165, 1.54) is 36.4 Å². The number of unbranched alkanes of at least 4 members (excludes halogenated alkanes) is 1. The standard InChI is InChI=1S/C69H89N13O12/c1-41(2)35-52-63(88)79-54(37-44-21-10-6-11-22-44)64(89)73-49-26-15-14-25-48(49)60(85)76-53(36-43-19-8-5-9-20-43)65(90)80-55(38-45-23-12-7-13-24-45)66(91)81-57(40-58(72)84)67(92)74-50(27-16-17-33-70)61(86)78-56(39-46-29-31-47(83)32-30-46)68(93)82-59(42(3)4)69(94)75-51(28-18-34-71)62(87)77-52/h5-15,19-26,29-32,41-42,50-57,59,83H,16-18,27-28,33-40,70-71H2,1-4H3,(H2,72,84)(H,73,89)(H,74,92)(H,75,94)(H,76,85)(H,77,87)(H,78,86)(H,79,88)(H,80,90)(H,81,91)(H,82,93)/t50-,51-,52-,53-,54+,55+,56-,57-,59-/m0/s1. The van der Waals surface area contributed by atoms with E-state index in [0.717, 1.165) is 0 Å². The number of hydrogen-bond acceptors (Lipinski definition) is 14. The Hall–Kier alpha value is -10.0. The molecule has 0 saturated carbocycles. The molecule has 94 heavy (non-hydrogen) atoms. The second-order valence-corrected chi connectivity index (χ2v) is 24.2. The van der Waals surface area contributed by atoms with Crippen molar-refractivity contribution < 1.29 is 57.8 Å². The average Bonchev–Trinajstić information content (AvgIpc) is 0.893. The Morgan fingerprint density at radius 2 is 0.777 bits per heavy atom. The van der Waals surface area contributed by atoms with Crippen molar-refractivity contribution in [3.63, 3.8) is 0 Å². The molecule has 17 N–H and O–H groups in total. The number of para-hydroxylation sites is 1. The fraction of sp³-hybridized carbons (Fsp3) is 0.406. The Kier molecular flexibility index (Phi) is 28.7. The SMILES string of the molecule is CC(C)C[C@@H]1NC(=O)[C@H](CCCN)NC(=O)[C@H](C(C)C)NC(=O)[C@H](Cc2ccc(O)cc2)NC(=O)[C@H](CCCCN)NC(=O)[C@H](CC(N)=O)NC(=O)[C@@H](Cc2ccccc2)NC(=O)[C@H](Cc2ccccc2)NC(=O)c2ccccc2NC(=O)[C@@H](Cc2ccccc2)NC1=O. The predicted molar refractivity (Wildman–Crippen MR) is 353 cm³/mol. The first-order valence-electron chi connectivity index (χ1n) is 31.7. The van der Waals surface area contributed by atoms with Crippen LogP contribution in [0.1, 0.15) is 105 Å². The molecule has 0 aromatic heterocycles. The second kappa shape index (κ2) is 36.9. The summed E-state index contributed by atoms with van der Waals surface area (Å²) in [6.45, 7) is 7.24. The van der Waals surface area contributed by atoms with Gasteiger partial charge in [-0.3, -0.25) is 52.7 Å².